The van der Waals surface area contributed by atoms with Crippen LogP contribution in [0.5, 0.6) is 0 Å². The van der Waals surface area contributed by atoms with E-state index in [2.05, 4.69) is 4.74 Å². The van der Waals surface area contributed by atoms with Crippen LogP contribution in [0.15, 0.2) is 0 Å². The van der Waals surface area contributed by atoms with Crippen LogP contribution in [-0.4, -0.2) is 36.1 Å². The molecule has 1 aliphatic rings. The van der Waals surface area contributed by atoms with Crippen LogP contribution in [0.1, 0.15) is 32.6 Å². The maximum absolute atomic E-state index is 8.79. The van der Waals surface area contributed by atoms with Gasteiger partial charge in [-0.05, 0) is 19.8 Å². The van der Waals surface area contributed by atoms with Gasteiger partial charge >= 0.3 is 0 Å². The summed E-state index contributed by atoms with van der Waals surface area (Å²) in [7, 11) is 0. The average Bonchev–Trinajstić information content (AvgIpc) is 2.83. The van der Waals surface area contributed by atoms with E-state index in [-0.39, 0.29) is 12.7 Å². The third-order valence-electron chi connectivity index (χ3n) is 1.48. The van der Waals surface area contributed by atoms with Crippen LogP contribution < -0.4 is 0 Å². The maximum atomic E-state index is 8.79. The van der Waals surface area contributed by atoms with E-state index in [4.69, 9.17) is 10.2 Å². The molecule has 0 radical (unpaired) electrons. The van der Waals surface area contributed by atoms with Gasteiger partial charge in [0.25, 0.3) is 0 Å². The molecule has 0 spiro atoms. The van der Waals surface area contributed by atoms with Gasteiger partial charge in [-0.15, -0.1) is 0 Å². The largest absolute Gasteiger partial charge is 0.396 e. The van der Waals surface area contributed by atoms with Crippen molar-refractivity contribution in [2.75, 3.05) is 19.8 Å². The SMILES string of the molecule is C1CO1.CC(O)CCCCCO. The van der Waals surface area contributed by atoms with E-state index in [9.17, 15) is 0 Å². The maximum Gasteiger partial charge on any atom is 0.0701 e. The number of hydrogen-bond acceptors (Lipinski definition) is 3. The van der Waals surface area contributed by atoms with Gasteiger partial charge in [0.05, 0.1) is 19.3 Å². The van der Waals surface area contributed by atoms with Gasteiger partial charge in [0.1, 0.15) is 0 Å². The molecule has 1 atom stereocenters. The van der Waals surface area contributed by atoms with Crippen molar-refractivity contribution in [3.8, 4) is 0 Å². The highest BCUT2D eigenvalue weighted by Crippen LogP contribution is 2.01. The summed E-state index contributed by atoms with van der Waals surface area (Å²) in [4.78, 5) is 0. The number of epoxide rings is 1. The van der Waals surface area contributed by atoms with E-state index in [0.717, 1.165) is 38.9 Å². The van der Waals surface area contributed by atoms with Gasteiger partial charge in [0.15, 0.2) is 0 Å². The van der Waals surface area contributed by atoms with Crippen LogP contribution in [0.4, 0.5) is 0 Å². The molecule has 1 unspecified atom stereocenters. The minimum atomic E-state index is -0.177. The molecule has 3 nitrogen and oxygen atoms in total. The molecule has 1 saturated heterocycles. The third-order valence-corrected chi connectivity index (χ3v) is 1.48. The third kappa shape index (κ3) is 16.5. The Kier molecular flexibility index (Phi) is 8.88. The lowest BCUT2D eigenvalue weighted by molar-refractivity contribution is 0.178. The van der Waals surface area contributed by atoms with Crippen LogP contribution in [0, 0.1) is 0 Å². The summed E-state index contributed by atoms with van der Waals surface area (Å²) >= 11 is 0. The van der Waals surface area contributed by atoms with E-state index in [1.807, 2.05) is 0 Å². The molecule has 0 saturated carbocycles. The Hall–Kier alpha value is -0.120. The van der Waals surface area contributed by atoms with Gasteiger partial charge in [-0.1, -0.05) is 12.8 Å². The second-order valence-corrected chi connectivity index (χ2v) is 3.03. The van der Waals surface area contributed by atoms with Crippen molar-refractivity contribution in [1.29, 1.82) is 0 Å². The fraction of sp³-hybridized carbons (Fsp3) is 1.00. The first-order chi connectivity index (χ1) is 5.77. The Balaban J connectivity index is 0.000000330. The number of aliphatic hydroxyl groups is 2. The monoisotopic (exact) mass is 176 g/mol. The highest BCUT2D eigenvalue weighted by Gasteiger charge is 1.94. The predicted molar refractivity (Wildman–Crippen MR) is 48.1 cm³/mol. The van der Waals surface area contributed by atoms with Crippen LogP contribution >= 0.6 is 0 Å². The van der Waals surface area contributed by atoms with E-state index >= 15 is 0 Å². The Morgan fingerprint density at radius 3 is 2.17 bits per heavy atom. The molecular formula is C9H20O3. The van der Waals surface area contributed by atoms with E-state index in [1.54, 1.807) is 6.92 Å². The standard InChI is InChI=1S/C7H16O2.C2H4O/c1-7(9)5-3-2-4-6-8;1-2-3-1/h7-9H,2-6H2,1H3;1-2H2. The number of ether oxygens (including phenoxy) is 1. The van der Waals surface area contributed by atoms with Crippen molar-refractivity contribution >= 4 is 0 Å². The van der Waals surface area contributed by atoms with Crippen LogP contribution in [0.2, 0.25) is 0 Å². The number of hydrogen-bond donors (Lipinski definition) is 2. The fourth-order valence-electron chi connectivity index (χ4n) is 0.728. The summed E-state index contributed by atoms with van der Waals surface area (Å²) in [6.45, 7) is 4.07. The number of unbranched alkanes of at least 4 members (excludes halogenated alkanes) is 2. The molecule has 74 valence electrons. The van der Waals surface area contributed by atoms with Gasteiger partial charge in [0, 0.05) is 6.61 Å². The molecule has 1 fully saturated rings. The van der Waals surface area contributed by atoms with Gasteiger partial charge in [-0.2, -0.15) is 0 Å². The fourth-order valence-corrected chi connectivity index (χ4v) is 0.728. The molecule has 3 heteroatoms. The van der Waals surface area contributed by atoms with Crippen molar-refractivity contribution in [1.82, 2.24) is 0 Å². The lowest BCUT2D eigenvalue weighted by atomic mass is 10.1. The lowest BCUT2D eigenvalue weighted by Crippen LogP contribution is -1.98. The first kappa shape index (κ1) is 11.9. The number of aliphatic hydroxyl groups excluding tert-OH is 2. The average molecular weight is 176 g/mol. The van der Waals surface area contributed by atoms with Gasteiger partial charge in [0.2, 0.25) is 0 Å². The first-order valence-corrected chi connectivity index (χ1v) is 4.64. The summed E-state index contributed by atoms with van der Waals surface area (Å²) in [5, 5.41) is 17.2. The van der Waals surface area contributed by atoms with Crippen LogP contribution in [0.25, 0.3) is 0 Å². The van der Waals surface area contributed by atoms with Crippen LogP contribution in [-0.2, 0) is 4.74 Å². The zero-order valence-corrected chi connectivity index (χ0v) is 7.83. The van der Waals surface area contributed by atoms with Crippen molar-refractivity contribution in [3.05, 3.63) is 0 Å². The predicted octanol–water partition coefficient (Wildman–Crippen LogP) is 0.936. The molecule has 0 aromatic heterocycles. The first-order valence-electron chi connectivity index (χ1n) is 4.64. The minimum Gasteiger partial charge on any atom is -0.396 e. The summed E-state index contributed by atoms with van der Waals surface area (Å²) in [5.41, 5.74) is 0. The van der Waals surface area contributed by atoms with E-state index in [1.165, 1.54) is 0 Å². The molecule has 1 aliphatic heterocycles. The van der Waals surface area contributed by atoms with Gasteiger partial charge in [-0.3, -0.25) is 0 Å². The molecule has 0 aromatic rings. The van der Waals surface area contributed by atoms with Crippen molar-refractivity contribution in [2.24, 2.45) is 0 Å². The smallest absolute Gasteiger partial charge is 0.0701 e. The zero-order valence-electron chi connectivity index (χ0n) is 7.83. The molecule has 1 heterocycles. The Morgan fingerprint density at radius 2 is 1.83 bits per heavy atom. The van der Waals surface area contributed by atoms with Crippen molar-refractivity contribution in [3.63, 3.8) is 0 Å². The van der Waals surface area contributed by atoms with Crippen molar-refractivity contribution < 1.29 is 14.9 Å². The molecule has 1 rings (SSSR count). The second kappa shape index (κ2) is 8.97. The summed E-state index contributed by atoms with van der Waals surface area (Å²) in [6, 6.07) is 0. The molecule has 0 amide bonds. The molecule has 0 aromatic carbocycles. The molecule has 0 bridgehead atoms. The van der Waals surface area contributed by atoms with E-state index in [0.29, 0.717) is 0 Å². The zero-order chi connectivity index (χ0) is 9.23. The highest BCUT2D eigenvalue weighted by atomic mass is 16.6. The van der Waals surface area contributed by atoms with Gasteiger partial charge < -0.3 is 14.9 Å². The molecular weight excluding hydrogens is 156 g/mol. The van der Waals surface area contributed by atoms with Crippen LogP contribution in [0.3, 0.4) is 0 Å². The normalized spacial score (nSPS) is 16.2. The Morgan fingerprint density at radius 1 is 1.25 bits per heavy atom. The van der Waals surface area contributed by atoms with Crippen molar-refractivity contribution in [2.45, 2.75) is 38.7 Å². The van der Waals surface area contributed by atoms with Gasteiger partial charge in [-0.25, -0.2) is 0 Å². The minimum absolute atomic E-state index is 0.177. The molecule has 12 heavy (non-hydrogen) atoms. The Bertz CT molecular complexity index is 79.1. The quantitative estimate of drug-likeness (QED) is 0.484. The summed E-state index contributed by atoms with van der Waals surface area (Å²) in [5.74, 6) is 0. The lowest BCUT2D eigenvalue weighted by Gasteiger charge is -2.01. The highest BCUT2D eigenvalue weighted by molar-refractivity contribution is 4.47. The number of rotatable bonds is 5. The van der Waals surface area contributed by atoms with E-state index < -0.39 is 0 Å². The topological polar surface area (TPSA) is 53.0 Å². The summed E-state index contributed by atoms with van der Waals surface area (Å²) in [6.07, 6.45) is 3.61. The molecule has 0 aliphatic carbocycles. The molecule has 2 N–H and O–H groups in total. The second-order valence-electron chi connectivity index (χ2n) is 3.03. The Labute approximate surface area is 74.4 Å². The summed E-state index contributed by atoms with van der Waals surface area (Å²) < 4.78 is 4.50.